The van der Waals surface area contributed by atoms with Crippen LogP contribution in [0.1, 0.15) is 48.8 Å². The standard InChI is InChI=1S/C22H25N3/c1-2-9-22-20(6-1)14-23-25(22)21-8-4-12-24(16-21)15-17-5-3-7-19(13-17)18-10-11-18/h1-3,5-7,9,13-14,18,21H,4,8,10-12,15-16H2. The summed E-state index contributed by atoms with van der Waals surface area (Å²) in [5.41, 5.74) is 4.28. The minimum Gasteiger partial charge on any atom is -0.297 e. The van der Waals surface area contributed by atoms with Crippen LogP contribution >= 0.6 is 0 Å². The van der Waals surface area contributed by atoms with Crippen LogP contribution in [0.5, 0.6) is 0 Å². The van der Waals surface area contributed by atoms with E-state index in [0.29, 0.717) is 6.04 Å². The van der Waals surface area contributed by atoms with Crippen LogP contribution in [0.2, 0.25) is 0 Å². The average Bonchev–Trinajstić information content (AvgIpc) is 3.41. The van der Waals surface area contributed by atoms with E-state index in [9.17, 15) is 0 Å². The Labute approximate surface area is 149 Å². The van der Waals surface area contributed by atoms with Gasteiger partial charge in [0.1, 0.15) is 0 Å². The zero-order valence-corrected chi connectivity index (χ0v) is 14.6. The van der Waals surface area contributed by atoms with Crippen molar-refractivity contribution < 1.29 is 0 Å². The molecule has 3 aromatic rings. The molecular weight excluding hydrogens is 306 g/mol. The molecule has 128 valence electrons. The van der Waals surface area contributed by atoms with Gasteiger partial charge in [-0.2, -0.15) is 5.10 Å². The first-order chi connectivity index (χ1) is 12.4. The Hall–Kier alpha value is -2.13. The van der Waals surface area contributed by atoms with E-state index in [2.05, 4.69) is 58.1 Å². The third-order valence-electron chi connectivity index (χ3n) is 5.74. The van der Waals surface area contributed by atoms with Gasteiger partial charge in [-0.05, 0) is 55.3 Å². The van der Waals surface area contributed by atoms with E-state index in [-0.39, 0.29) is 0 Å². The molecule has 0 radical (unpaired) electrons. The molecule has 0 amide bonds. The number of hydrogen-bond acceptors (Lipinski definition) is 2. The van der Waals surface area contributed by atoms with Crippen molar-refractivity contribution in [3.8, 4) is 0 Å². The van der Waals surface area contributed by atoms with Crippen molar-refractivity contribution in [2.24, 2.45) is 0 Å². The summed E-state index contributed by atoms with van der Waals surface area (Å²) in [6.45, 7) is 3.36. The summed E-state index contributed by atoms with van der Waals surface area (Å²) in [6, 6.07) is 18.3. The van der Waals surface area contributed by atoms with Crippen LogP contribution < -0.4 is 0 Å². The fourth-order valence-electron chi connectivity index (χ4n) is 4.28. The topological polar surface area (TPSA) is 21.1 Å². The normalized spacial score (nSPS) is 21.7. The second-order valence-corrected chi connectivity index (χ2v) is 7.70. The van der Waals surface area contributed by atoms with Gasteiger partial charge in [-0.3, -0.25) is 9.58 Å². The molecule has 2 aliphatic rings. The van der Waals surface area contributed by atoms with Gasteiger partial charge in [0.2, 0.25) is 0 Å². The number of para-hydroxylation sites is 1. The Morgan fingerprint density at radius 1 is 1.00 bits per heavy atom. The van der Waals surface area contributed by atoms with Gasteiger partial charge in [-0.1, -0.05) is 42.5 Å². The van der Waals surface area contributed by atoms with Crippen molar-refractivity contribution in [2.45, 2.75) is 44.2 Å². The predicted octanol–water partition coefficient (Wildman–Crippen LogP) is 4.75. The number of benzene rings is 2. The first-order valence-electron chi connectivity index (χ1n) is 9.60. The van der Waals surface area contributed by atoms with Crippen molar-refractivity contribution in [1.82, 2.24) is 14.7 Å². The molecule has 1 saturated heterocycles. The smallest absolute Gasteiger partial charge is 0.0686 e. The van der Waals surface area contributed by atoms with Crippen molar-refractivity contribution >= 4 is 10.9 Å². The zero-order valence-electron chi connectivity index (χ0n) is 14.6. The second-order valence-electron chi connectivity index (χ2n) is 7.70. The van der Waals surface area contributed by atoms with Gasteiger partial charge in [0, 0.05) is 18.5 Å². The molecule has 1 atom stereocenters. The number of fused-ring (bicyclic) bond motifs is 1. The summed E-state index contributed by atoms with van der Waals surface area (Å²) in [6.07, 6.45) is 7.24. The van der Waals surface area contributed by atoms with Crippen molar-refractivity contribution in [1.29, 1.82) is 0 Å². The molecule has 2 fully saturated rings. The Morgan fingerprint density at radius 2 is 1.92 bits per heavy atom. The highest BCUT2D eigenvalue weighted by molar-refractivity contribution is 5.78. The lowest BCUT2D eigenvalue weighted by molar-refractivity contribution is 0.165. The van der Waals surface area contributed by atoms with Gasteiger partial charge in [0.05, 0.1) is 17.8 Å². The maximum atomic E-state index is 4.70. The summed E-state index contributed by atoms with van der Waals surface area (Å²) < 4.78 is 2.25. The van der Waals surface area contributed by atoms with Crippen LogP contribution in [-0.4, -0.2) is 27.8 Å². The van der Waals surface area contributed by atoms with Crippen LogP contribution in [0.3, 0.4) is 0 Å². The largest absolute Gasteiger partial charge is 0.297 e. The van der Waals surface area contributed by atoms with Crippen LogP contribution in [0.4, 0.5) is 0 Å². The van der Waals surface area contributed by atoms with E-state index in [4.69, 9.17) is 5.10 Å². The van der Waals surface area contributed by atoms with E-state index in [1.807, 2.05) is 6.20 Å². The lowest BCUT2D eigenvalue weighted by Gasteiger charge is -2.33. The predicted molar refractivity (Wildman–Crippen MR) is 102 cm³/mol. The maximum absolute atomic E-state index is 4.70. The van der Waals surface area contributed by atoms with Crippen LogP contribution in [0, 0.1) is 0 Å². The summed E-state index contributed by atoms with van der Waals surface area (Å²) in [4.78, 5) is 2.61. The summed E-state index contributed by atoms with van der Waals surface area (Å²) in [7, 11) is 0. The Balaban J connectivity index is 1.33. The highest BCUT2D eigenvalue weighted by Crippen LogP contribution is 2.40. The second kappa shape index (κ2) is 6.30. The molecule has 1 aromatic heterocycles. The molecule has 0 bridgehead atoms. The Morgan fingerprint density at radius 3 is 2.84 bits per heavy atom. The number of nitrogens with zero attached hydrogens (tertiary/aromatic N) is 3. The van der Waals surface area contributed by atoms with Gasteiger partial charge >= 0.3 is 0 Å². The molecule has 3 heteroatoms. The number of likely N-dealkylation sites (tertiary alicyclic amines) is 1. The molecule has 0 spiro atoms. The van der Waals surface area contributed by atoms with Gasteiger partial charge in [-0.25, -0.2) is 0 Å². The summed E-state index contributed by atoms with van der Waals surface area (Å²) in [5, 5.41) is 5.94. The van der Waals surface area contributed by atoms with Crippen molar-refractivity contribution in [3.05, 3.63) is 65.9 Å². The van der Waals surface area contributed by atoms with Gasteiger partial charge < -0.3 is 0 Å². The third-order valence-corrected chi connectivity index (χ3v) is 5.74. The molecule has 1 saturated carbocycles. The molecule has 5 rings (SSSR count). The average molecular weight is 331 g/mol. The molecule has 2 heterocycles. The first kappa shape index (κ1) is 15.2. The highest BCUT2D eigenvalue weighted by Gasteiger charge is 2.25. The quantitative estimate of drug-likeness (QED) is 0.688. The Kier molecular flexibility index (Phi) is 3.82. The van der Waals surface area contributed by atoms with E-state index in [1.54, 1.807) is 5.56 Å². The van der Waals surface area contributed by atoms with Gasteiger partial charge in [0.15, 0.2) is 0 Å². The monoisotopic (exact) mass is 331 g/mol. The fourth-order valence-corrected chi connectivity index (χ4v) is 4.28. The lowest BCUT2D eigenvalue weighted by atomic mass is 10.0. The van der Waals surface area contributed by atoms with E-state index in [0.717, 1.165) is 19.0 Å². The minimum atomic E-state index is 0.486. The van der Waals surface area contributed by atoms with Crippen LogP contribution in [-0.2, 0) is 6.54 Å². The molecule has 1 aliphatic heterocycles. The summed E-state index contributed by atoms with van der Waals surface area (Å²) in [5.74, 6) is 0.837. The molecule has 1 aliphatic carbocycles. The molecule has 25 heavy (non-hydrogen) atoms. The van der Waals surface area contributed by atoms with Gasteiger partial charge in [0.25, 0.3) is 0 Å². The molecule has 1 unspecified atom stereocenters. The lowest BCUT2D eigenvalue weighted by Crippen LogP contribution is -2.36. The number of hydrogen-bond donors (Lipinski definition) is 0. The van der Waals surface area contributed by atoms with Crippen molar-refractivity contribution in [3.63, 3.8) is 0 Å². The third kappa shape index (κ3) is 3.09. The first-order valence-corrected chi connectivity index (χ1v) is 9.60. The van der Waals surface area contributed by atoms with Crippen molar-refractivity contribution in [2.75, 3.05) is 13.1 Å². The maximum Gasteiger partial charge on any atom is 0.0686 e. The van der Waals surface area contributed by atoms with E-state index in [1.165, 1.54) is 48.7 Å². The Bertz CT molecular complexity index is 878. The zero-order chi connectivity index (χ0) is 16.6. The SMILES string of the molecule is c1cc(CN2CCCC(n3ncc4ccccc43)C2)cc(C2CC2)c1. The number of rotatable bonds is 4. The highest BCUT2D eigenvalue weighted by atomic mass is 15.3. The molecular formula is C22H25N3. The number of aromatic nitrogens is 2. The minimum absolute atomic E-state index is 0.486. The van der Waals surface area contributed by atoms with Crippen LogP contribution in [0.15, 0.2) is 54.7 Å². The molecule has 0 N–H and O–H groups in total. The summed E-state index contributed by atoms with van der Waals surface area (Å²) >= 11 is 0. The molecule has 3 nitrogen and oxygen atoms in total. The number of piperidine rings is 1. The van der Waals surface area contributed by atoms with Gasteiger partial charge in [-0.15, -0.1) is 0 Å². The molecule has 2 aromatic carbocycles. The fraction of sp³-hybridized carbons (Fsp3) is 0.409. The van der Waals surface area contributed by atoms with E-state index < -0.39 is 0 Å². The van der Waals surface area contributed by atoms with Crippen LogP contribution in [0.25, 0.3) is 10.9 Å². The van der Waals surface area contributed by atoms with E-state index >= 15 is 0 Å².